The molecule has 3 amide bonds. The van der Waals surface area contributed by atoms with Gasteiger partial charge in [0.15, 0.2) is 11.5 Å². The fourth-order valence-corrected chi connectivity index (χ4v) is 4.17. The fourth-order valence-electron chi connectivity index (χ4n) is 4.17. The van der Waals surface area contributed by atoms with Gasteiger partial charge in [-0.15, -0.1) is 0 Å². The molecular weight excluding hydrogens is 384 g/mol. The van der Waals surface area contributed by atoms with Gasteiger partial charge in [0.25, 0.3) is 11.8 Å². The molecule has 0 aromatic heterocycles. The summed E-state index contributed by atoms with van der Waals surface area (Å²) in [5.74, 6) is 0.185. The first-order valence-corrected chi connectivity index (χ1v) is 9.86. The zero-order valence-corrected chi connectivity index (χ0v) is 17.5. The highest BCUT2D eigenvalue weighted by molar-refractivity contribution is 6.22. The van der Waals surface area contributed by atoms with Crippen molar-refractivity contribution in [1.82, 2.24) is 9.80 Å². The Hall–Kier alpha value is -3.35. The molecule has 0 spiro atoms. The largest absolute Gasteiger partial charge is 0.493 e. The molecule has 4 rings (SSSR count). The van der Waals surface area contributed by atoms with Crippen molar-refractivity contribution in [2.75, 3.05) is 20.8 Å². The van der Waals surface area contributed by atoms with E-state index in [1.807, 2.05) is 19.1 Å². The van der Waals surface area contributed by atoms with Crippen LogP contribution in [0.1, 0.15) is 44.3 Å². The van der Waals surface area contributed by atoms with Crippen LogP contribution in [-0.2, 0) is 17.8 Å². The Morgan fingerprint density at radius 2 is 1.60 bits per heavy atom. The third-order valence-corrected chi connectivity index (χ3v) is 5.85. The van der Waals surface area contributed by atoms with Gasteiger partial charge in [0.05, 0.1) is 25.3 Å². The summed E-state index contributed by atoms with van der Waals surface area (Å²) in [6, 6.07) is 8.08. The Balaban J connectivity index is 1.56. The molecule has 7 nitrogen and oxygen atoms in total. The number of methoxy groups -OCH3 is 2. The number of fused-ring (bicyclic) bond motifs is 2. The van der Waals surface area contributed by atoms with Crippen LogP contribution in [0.25, 0.3) is 0 Å². The second kappa shape index (κ2) is 7.48. The van der Waals surface area contributed by atoms with Crippen LogP contribution in [0.3, 0.4) is 0 Å². The summed E-state index contributed by atoms with van der Waals surface area (Å²) >= 11 is 0. The topological polar surface area (TPSA) is 76.2 Å². The summed E-state index contributed by atoms with van der Waals surface area (Å²) < 4.78 is 10.7. The van der Waals surface area contributed by atoms with Crippen molar-refractivity contribution >= 4 is 17.7 Å². The van der Waals surface area contributed by atoms with Gasteiger partial charge in [0.1, 0.15) is 6.04 Å². The van der Waals surface area contributed by atoms with Crippen LogP contribution in [0.5, 0.6) is 11.5 Å². The SMILES string of the molecule is COc1cc2c(cc1OC)CN(C(=O)[C@H](C)N1C(=O)c3ccc(C)cc3C1=O)CC2. The molecule has 2 heterocycles. The average Bonchev–Trinajstić information content (AvgIpc) is 3.00. The standard InChI is InChI=1S/C23H24N2O5/c1-13-5-6-17-18(9-13)23(28)25(22(17)27)14(2)21(26)24-8-7-15-10-19(29-3)20(30-4)11-16(15)12-24/h5-6,9-11,14H,7-8,12H2,1-4H3/t14-/m0/s1. The van der Waals surface area contributed by atoms with E-state index in [1.54, 1.807) is 44.2 Å². The van der Waals surface area contributed by atoms with Gasteiger partial charge < -0.3 is 14.4 Å². The predicted molar refractivity (Wildman–Crippen MR) is 110 cm³/mol. The minimum absolute atomic E-state index is 0.248. The number of amides is 3. The number of aryl methyl sites for hydroxylation is 1. The highest BCUT2D eigenvalue weighted by Gasteiger charge is 2.42. The lowest BCUT2D eigenvalue weighted by molar-refractivity contribution is -0.135. The Labute approximate surface area is 175 Å². The maximum atomic E-state index is 13.2. The van der Waals surface area contributed by atoms with Gasteiger partial charge in [-0.3, -0.25) is 19.3 Å². The van der Waals surface area contributed by atoms with Crippen molar-refractivity contribution in [3.63, 3.8) is 0 Å². The lowest BCUT2D eigenvalue weighted by Crippen LogP contribution is -2.50. The highest BCUT2D eigenvalue weighted by Crippen LogP contribution is 2.34. The predicted octanol–water partition coefficient (Wildman–Crippen LogP) is 2.58. The van der Waals surface area contributed by atoms with E-state index >= 15 is 0 Å². The monoisotopic (exact) mass is 408 g/mol. The maximum absolute atomic E-state index is 13.2. The molecule has 2 aromatic rings. The molecule has 1 atom stereocenters. The van der Waals surface area contributed by atoms with Crippen molar-refractivity contribution in [2.24, 2.45) is 0 Å². The quantitative estimate of drug-likeness (QED) is 0.727. The van der Waals surface area contributed by atoms with E-state index in [0.717, 1.165) is 21.6 Å². The van der Waals surface area contributed by atoms with E-state index in [2.05, 4.69) is 0 Å². The molecule has 0 saturated heterocycles. The van der Waals surface area contributed by atoms with Crippen LogP contribution in [0.4, 0.5) is 0 Å². The van der Waals surface area contributed by atoms with Gasteiger partial charge in [0.2, 0.25) is 5.91 Å². The molecule has 0 aliphatic carbocycles. The van der Waals surface area contributed by atoms with E-state index < -0.39 is 17.9 Å². The van der Waals surface area contributed by atoms with Crippen molar-refractivity contribution in [3.05, 3.63) is 58.1 Å². The molecule has 2 aliphatic rings. The number of carbonyl (C=O) groups is 3. The average molecular weight is 408 g/mol. The lowest BCUT2D eigenvalue weighted by Gasteiger charge is -2.33. The maximum Gasteiger partial charge on any atom is 0.262 e. The molecule has 0 unspecified atom stereocenters. The third kappa shape index (κ3) is 3.10. The lowest BCUT2D eigenvalue weighted by atomic mass is 9.98. The smallest absolute Gasteiger partial charge is 0.262 e. The Morgan fingerprint density at radius 3 is 2.27 bits per heavy atom. The minimum Gasteiger partial charge on any atom is -0.493 e. The molecule has 0 N–H and O–H groups in total. The second-order valence-corrected chi connectivity index (χ2v) is 7.69. The van der Waals surface area contributed by atoms with Gasteiger partial charge in [-0.05, 0) is 55.7 Å². The number of carbonyl (C=O) groups excluding carboxylic acids is 3. The molecule has 0 saturated carbocycles. The van der Waals surface area contributed by atoms with E-state index in [9.17, 15) is 14.4 Å². The second-order valence-electron chi connectivity index (χ2n) is 7.69. The first-order chi connectivity index (χ1) is 14.3. The van der Waals surface area contributed by atoms with E-state index in [-0.39, 0.29) is 5.91 Å². The number of hydrogen-bond acceptors (Lipinski definition) is 5. The summed E-state index contributed by atoms with van der Waals surface area (Å²) in [7, 11) is 3.16. The van der Waals surface area contributed by atoms with E-state index in [1.165, 1.54) is 0 Å². The molecule has 7 heteroatoms. The van der Waals surface area contributed by atoms with Gasteiger partial charge in [0, 0.05) is 13.1 Å². The van der Waals surface area contributed by atoms with E-state index in [4.69, 9.17) is 9.47 Å². The first kappa shape index (κ1) is 19.9. The van der Waals surface area contributed by atoms with E-state index in [0.29, 0.717) is 42.1 Å². The zero-order chi connectivity index (χ0) is 21.6. The first-order valence-electron chi connectivity index (χ1n) is 9.86. The van der Waals surface area contributed by atoms with Crippen molar-refractivity contribution in [1.29, 1.82) is 0 Å². The minimum atomic E-state index is -0.876. The van der Waals surface area contributed by atoms with Crippen LogP contribution < -0.4 is 9.47 Å². The van der Waals surface area contributed by atoms with Crippen LogP contribution in [0, 0.1) is 6.92 Å². The van der Waals surface area contributed by atoms with Gasteiger partial charge in [-0.1, -0.05) is 11.6 Å². The Kier molecular flexibility index (Phi) is 4.97. The van der Waals surface area contributed by atoms with Crippen LogP contribution in [0.15, 0.2) is 30.3 Å². The molecule has 156 valence electrons. The Bertz CT molecular complexity index is 1060. The summed E-state index contributed by atoms with van der Waals surface area (Å²) in [6.45, 7) is 4.37. The third-order valence-electron chi connectivity index (χ3n) is 5.85. The molecule has 2 aromatic carbocycles. The van der Waals surface area contributed by atoms with Crippen LogP contribution in [-0.4, -0.2) is 54.3 Å². The number of nitrogens with zero attached hydrogens (tertiary/aromatic N) is 2. The number of rotatable bonds is 4. The highest BCUT2D eigenvalue weighted by atomic mass is 16.5. The summed E-state index contributed by atoms with van der Waals surface area (Å²) in [5.41, 5.74) is 3.68. The number of benzene rings is 2. The molecular formula is C23H24N2O5. The van der Waals surface area contributed by atoms with Crippen molar-refractivity contribution in [2.45, 2.75) is 32.9 Å². The van der Waals surface area contributed by atoms with Crippen LogP contribution >= 0.6 is 0 Å². The number of ether oxygens (including phenoxy) is 2. The molecule has 30 heavy (non-hydrogen) atoms. The Morgan fingerprint density at radius 1 is 0.967 bits per heavy atom. The summed E-state index contributed by atoms with van der Waals surface area (Å²) in [5, 5.41) is 0. The van der Waals surface area contributed by atoms with Crippen LogP contribution in [0.2, 0.25) is 0 Å². The fraction of sp³-hybridized carbons (Fsp3) is 0.348. The van der Waals surface area contributed by atoms with Gasteiger partial charge in [-0.2, -0.15) is 0 Å². The summed E-state index contributed by atoms with van der Waals surface area (Å²) in [4.78, 5) is 41.6. The molecule has 2 aliphatic heterocycles. The van der Waals surface area contributed by atoms with Crippen molar-refractivity contribution in [3.8, 4) is 11.5 Å². The zero-order valence-electron chi connectivity index (χ0n) is 17.5. The molecule has 0 fully saturated rings. The molecule has 0 radical (unpaired) electrons. The summed E-state index contributed by atoms with van der Waals surface area (Å²) in [6.07, 6.45) is 0.662. The number of hydrogen-bond donors (Lipinski definition) is 0. The van der Waals surface area contributed by atoms with Gasteiger partial charge in [-0.25, -0.2) is 0 Å². The normalized spacial score (nSPS) is 16.3. The number of imide groups is 1. The van der Waals surface area contributed by atoms with Gasteiger partial charge >= 0.3 is 0 Å². The molecule has 0 bridgehead atoms. The van der Waals surface area contributed by atoms with Crippen molar-refractivity contribution < 1.29 is 23.9 Å².